The molecule has 8 nitrogen and oxygen atoms in total. The van der Waals surface area contributed by atoms with Gasteiger partial charge in [-0.3, -0.25) is 9.59 Å². The molecule has 2 aliphatic rings. The maximum atomic E-state index is 13.3. The van der Waals surface area contributed by atoms with Crippen molar-refractivity contribution in [3.8, 4) is 17.1 Å². The van der Waals surface area contributed by atoms with Gasteiger partial charge in [0.1, 0.15) is 5.75 Å². The minimum atomic E-state index is -0.247. The van der Waals surface area contributed by atoms with Crippen LogP contribution in [0.5, 0.6) is 5.75 Å². The highest BCUT2D eigenvalue weighted by atomic mass is 16.5. The van der Waals surface area contributed by atoms with Gasteiger partial charge in [0.05, 0.1) is 13.2 Å². The first-order valence-electron chi connectivity index (χ1n) is 11.8. The number of aromatic nitrogens is 1. The number of carbonyl (C=O) groups is 2. The van der Waals surface area contributed by atoms with Gasteiger partial charge < -0.3 is 23.8 Å². The van der Waals surface area contributed by atoms with Crippen molar-refractivity contribution >= 4 is 11.8 Å². The van der Waals surface area contributed by atoms with Crippen LogP contribution < -0.4 is 4.74 Å². The third kappa shape index (κ3) is 5.93. The zero-order valence-corrected chi connectivity index (χ0v) is 19.5. The smallest absolute Gasteiger partial charge is 0.276 e. The highest BCUT2D eigenvalue weighted by Gasteiger charge is 2.27. The molecule has 33 heavy (non-hydrogen) atoms. The van der Waals surface area contributed by atoms with E-state index >= 15 is 0 Å². The summed E-state index contributed by atoms with van der Waals surface area (Å²) in [6, 6.07) is 9.05. The first kappa shape index (κ1) is 23.3. The van der Waals surface area contributed by atoms with E-state index < -0.39 is 0 Å². The number of likely N-dealkylation sites (tertiary alicyclic amines) is 1. The molecule has 0 radical (unpaired) electrons. The van der Waals surface area contributed by atoms with Gasteiger partial charge in [0.2, 0.25) is 5.91 Å². The van der Waals surface area contributed by atoms with E-state index in [1.807, 2.05) is 29.2 Å². The Hall–Kier alpha value is -2.87. The van der Waals surface area contributed by atoms with Gasteiger partial charge in [0.25, 0.3) is 5.91 Å². The number of hydrogen-bond acceptors (Lipinski definition) is 6. The fraction of sp³-hybridized carbons (Fsp3) is 0.560. The average Bonchev–Trinajstić information content (AvgIpc) is 3.54. The molecule has 1 atom stereocenters. The maximum absolute atomic E-state index is 13.3. The van der Waals surface area contributed by atoms with Crippen LogP contribution >= 0.6 is 0 Å². The SMILES string of the molecule is COc1cccc(-c2cc(C(=O)N(CCC(=O)N3CCC(C)CC3)C[C@@H]3CCCO3)no2)c1. The molecule has 8 heteroatoms. The van der Waals surface area contributed by atoms with Gasteiger partial charge in [-0.2, -0.15) is 0 Å². The lowest BCUT2D eigenvalue weighted by Gasteiger charge is -2.31. The molecular formula is C25H33N3O5. The number of benzene rings is 1. The number of hydrogen-bond donors (Lipinski definition) is 0. The summed E-state index contributed by atoms with van der Waals surface area (Å²) in [7, 11) is 1.60. The molecule has 0 unspecified atom stereocenters. The molecule has 3 heterocycles. The second kappa shape index (κ2) is 10.8. The van der Waals surface area contributed by atoms with Crippen LogP contribution in [0.25, 0.3) is 11.3 Å². The highest BCUT2D eigenvalue weighted by molar-refractivity contribution is 5.93. The van der Waals surface area contributed by atoms with Crippen molar-refractivity contribution in [1.82, 2.24) is 15.0 Å². The third-order valence-corrected chi connectivity index (χ3v) is 6.55. The summed E-state index contributed by atoms with van der Waals surface area (Å²) in [4.78, 5) is 29.7. The largest absolute Gasteiger partial charge is 0.497 e. The molecule has 0 aliphatic carbocycles. The van der Waals surface area contributed by atoms with Crippen molar-refractivity contribution in [2.45, 2.75) is 45.1 Å². The third-order valence-electron chi connectivity index (χ3n) is 6.55. The average molecular weight is 456 g/mol. The van der Waals surface area contributed by atoms with Crippen LogP contribution in [-0.4, -0.2) is 72.8 Å². The minimum Gasteiger partial charge on any atom is -0.497 e. The lowest BCUT2D eigenvalue weighted by molar-refractivity contribution is -0.132. The zero-order chi connectivity index (χ0) is 23.2. The Kier molecular flexibility index (Phi) is 7.65. The van der Waals surface area contributed by atoms with E-state index in [2.05, 4.69) is 12.1 Å². The predicted octanol–water partition coefficient (Wildman–Crippen LogP) is 3.62. The molecule has 4 rings (SSSR count). The Morgan fingerprint density at radius 2 is 2.03 bits per heavy atom. The van der Waals surface area contributed by atoms with Crippen molar-refractivity contribution in [2.24, 2.45) is 5.92 Å². The van der Waals surface area contributed by atoms with Crippen LogP contribution in [0.4, 0.5) is 0 Å². The van der Waals surface area contributed by atoms with Crippen LogP contribution in [0.15, 0.2) is 34.9 Å². The van der Waals surface area contributed by atoms with Crippen LogP contribution in [0.3, 0.4) is 0 Å². The van der Waals surface area contributed by atoms with Gasteiger partial charge in [-0.15, -0.1) is 0 Å². The van der Waals surface area contributed by atoms with Gasteiger partial charge in [0, 0.05) is 50.8 Å². The summed E-state index contributed by atoms with van der Waals surface area (Å²) in [5.74, 6) is 1.71. The van der Waals surface area contributed by atoms with Gasteiger partial charge >= 0.3 is 0 Å². The van der Waals surface area contributed by atoms with Crippen molar-refractivity contribution in [1.29, 1.82) is 0 Å². The predicted molar refractivity (Wildman–Crippen MR) is 123 cm³/mol. The Morgan fingerprint density at radius 1 is 1.21 bits per heavy atom. The van der Waals surface area contributed by atoms with Crippen molar-refractivity contribution in [3.05, 3.63) is 36.0 Å². The van der Waals surface area contributed by atoms with Crippen LogP contribution in [0, 0.1) is 5.92 Å². The fourth-order valence-electron chi connectivity index (χ4n) is 4.41. The summed E-state index contributed by atoms with van der Waals surface area (Å²) >= 11 is 0. The highest BCUT2D eigenvalue weighted by Crippen LogP contribution is 2.25. The molecule has 0 N–H and O–H groups in total. The molecule has 0 spiro atoms. The molecule has 0 bridgehead atoms. The Balaban J connectivity index is 1.44. The Labute approximate surface area is 194 Å². The Morgan fingerprint density at radius 3 is 2.76 bits per heavy atom. The van der Waals surface area contributed by atoms with Gasteiger partial charge in [-0.1, -0.05) is 24.2 Å². The number of methoxy groups -OCH3 is 1. The summed E-state index contributed by atoms with van der Waals surface area (Å²) in [6.45, 7) is 5.32. The summed E-state index contributed by atoms with van der Waals surface area (Å²) < 4.78 is 16.5. The molecule has 2 saturated heterocycles. The van der Waals surface area contributed by atoms with E-state index in [4.69, 9.17) is 14.0 Å². The molecule has 1 aromatic heterocycles. The second-order valence-electron chi connectivity index (χ2n) is 9.01. The fourth-order valence-corrected chi connectivity index (χ4v) is 4.41. The van der Waals surface area contributed by atoms with E-state index in [0.29, 0.717) is 43.5 Å². The maximum Gasteiger partial charge on any atom is 0.276 e. The summed E-state index contributed by atoms with van der Waals surface area (Å²) in [5, 5.41) is 4.03. The summed E-state index contributed by atoms with van der Waals surface area (Å²) in [6.07, 6.45) is 4.27. The van der Waals surface area contributed by atoms with E-state index in [1.165, 1.54) is 0 Å². The van der Waals surface area contributed by atoms with Gasteiger partial charge in [-0.05, 0) is 43.7 Å². The molecule has 1 aromatic carbocycles. The number of piperidine rings is 1. The summed E-state index contributed by atoms with van der Waals surface area (Å²) in [5.41, 5.74) is 1.01. The number of nitrogens with zero attached hydrogens (tertiary/aromatic N) is 3. The van der Waals surface area contributed by atoms with Crippen LogP contribution in [0.1, 0.15) is 49.5 Å². The first-order valence-corrected chi connectivity index (χ1v) is 11.8. The van der Waals surface area contributed by atoms with E-state index in [0.717, 1.165) is 44.3 Å². The molecule has 2 aliphatic heterocycles. The molecule has 2 aromatic rings. The Bertz CT molecular complexity index is 945. The van der Waals surface area contributed by atoms with E-state index in [9.17, 15) is 9.59 Å². The minimum absolute atomic E-state index is 0.00959. The lowest BCUT2D eigenvalue weighted by atomic mass is 9.99. The van der Waals surface area contributed by atoms with E-state index in [-0.39, 0.29) is 23.6 Å². The van der Waals surface area contributed by atoms with Crippen LogP contribution in [0.2, 0.25) is 0 Å². The van der Waals surface area contributed by atoms with E-state index in [1.54, 1.807) is 18.1 Å². The number of ether oxygens (including phenoxy) is 2. The number of carbonyl (C=O) groups excluding carboxylic acids is 2. The van der Waals surface area contributed by atoms with Gasteiger partial charge in [-0.25, -0.2) is 0 Å². The molecule has 2 fully saturated rings. The van der Waals surface area contributed by atoms with Gasteiger partial charge in [0.15, 0.2) is 11.5 Å². The van der Waals surface area contributed by atoms with Crippen LogP contribution in [-0.2, 0) is 9.53 Å². The van der Waals surface area contributed by atoms with Crippen molar-refractivity contribution in [3.63, 3.8) is 0 Å². The van der Waals surface area contributed by atoms with Crippen molar-refractivity contribution < 1.29 is 23.6 Å². The zero-order valence-electron chi connectivity index (χ0n) is 19.5. The number of amides is 2. The quantitative estimate of drug-likeness (QED) is 0.604. The molecule has 2 amide bonds. The van der Waals surface area contributed by atoms with Crippen molar-refractivity contribution in [2.75, 3.05) is 39.9 Å². The standard InChI is InChI=1S/C25H33N3O5/c1-18-8-11-27(12-9-18)24(29)10-13-28(17-21-7-4-14-32-21)25(30)22-16-23(33-26-22)19-5-3-6-20(15-19)31-2/h3,5-6,15-16,18,21H,4,7-14,17H2,1-2H3/t21-/m0/s1. The molecule has 0 saturated carbocycles. The lowest BCUT2D eigenvalue weighted by Crippen LogP contribution is -2.42. The first-order chi connectivity index (χ1) is 16.0. The normalized spacial score (nSPS) is 19.0. The molecule has 178 valence electrons. The molecular weight excluding hydrogens is 422 g/mol. The second-order valence-corrected chi connectivity index (χ2v) is 9.01. The topological polar surface area (TPSA) is 85.1 Å². The monoisotopic (exact) mass is 455 g/mol. The number of rotatable bonds is 8.